The van der Waals surface area contributed by atoms with Gasteiger partial charge < -0.3 is 14.4 Å². The number of methoxy groups -OCH3 is 1. The van der Waals surface area contributed by atoms with Gasteiger partial charge in [0.1, 0.15) is 11.5 Å². The van der Waals surface area contributed by atoms with Crippen LogP contribution >= 0.6 is 0 Å². The number of carbonyl (C=O) groups excluding carboxylic acids is 1. The molecular weight excluding hydrogens is 677 g/mol. The van der Waals surface area contributed by atoms with Crippen LogP contribution in [0, 0.1) is 37.7 Å². The van der Waals surface area contributed by atoms with Gasteiger partial charge >= 0.3 is 0 Å². The molecule has 4 rings (SSSR count). The molecule has 4 aromatic rings. The number of aliphatic hydroxyl groups is 1. The van der Waals surface area contributed by atoms with Crippen LogP contribution in [0.25, 0.3) is 27.8 Å². The number of aliphatic hydroxyl groups excluding tert-OH is 1. The summed E-state index contributed by atoms with van der Waals surface area (Å²) < 4.78 is 7.78. The largest absolute Gasteiger partial charge is 0.512 e. The summed E-state index contributed by atoms with van der Waals surface area (Å²) in [5, 5.41) is 10.6. The number of fused-ring (bicyclic) bond motifs is 1. The molecule has 0 spiro atoms. The second-order valence-corrected chi connectivity index (χ2v) is 12.1. The smallest absolute Gasteiger partial charge is 0.164 e. The number of ketones is 1. The van der Waals surface area contributed by atoms with Gasteiger partial charge in [0.15, 0.2) is 5.78 Å². The maximum atomic E-state index is 11.5. The van der Waals surface area contributed by atoms with Crippen molar-refractivity contribution < 1.29 is 34.7 Å². The van der Waals surface area contributed by atoms with E-state index < -0.39 is 5.41 Å². The van der Waals surface area contributed by atoms with E-state index in [1.165, 1.54) is 17.2 Å². The minimum Gasteiger partial charge on any atom is -0.512 e. The third-order valence-corrected chi connectivity index (χ3v) is 6.38. The molecule has 0 amide bonds. The SMILES string of the molecule is CC(C)(C)C(=O)/C=C(\O)C(C)(C)C.COc1cc2cc(-n3cccc3)c(C)cc2nc1-c1[c-]c(C)cc(C)c1.[Ir]. The topological polar surface area (TPSA) is 64.3 Å². The third-order valence-electron chi connectivity index (χ3n) is 6.38. The summed E-state index contributed by atoms with van der Waals surface area (Å²) in [7, 11) is 1.69. The van der Waals surface area contributed by atoms with Crippen molar-refractivity contribution in [2.24, 2.45) is 10.8 Å². The van der Waals surface area contributed by atoms with Crippen molar-refractivity contribution in [3.63, 3.8) is 0 Å². The van der Waals surface area contributed by atoms with Gasteiger partial charge in [-0.05, 0) is 42.8 Å². The Balaban J connectivity index is 0.000000344. The molecule has 0 aliphatic heterocycles. The zero-order chi connectivity index (χ0) is 29.1. The monoisotopic (exact) mass is 718 g/mol. The van der Waals surface area contributed by atoms with E-state index in [2.05, 4.69) is 74.1 Å². The molecule has 40 heavy (non-hydrogen) atoms. The molecule has 2 aromatic heterocycles. The summed E-state index contributed by atoms with van der Waals surface area (Å²) in [6.07, 6.45) is 5.44. The predicted octanol–water partition coefficient (Wildman–Crippen LogP) is 8.51. The van der Waals surface area contributed by atoms with Gasteiger partial charge in [-0.1, -0.05) is 55.4 Å². The number of allylic oxidation sites excluding steroid dienone is 2. The van der Waals surface area contributed by atoms with Crippen molar-refractivity contribution in [3.05, 3.63) is 89.5 Å². The number of carbonyl (C=O) groups is 1. The molecule has 6 heteroatoms. The Morgan fingerprint density at radius 2 is 1.57 bits per heavy atom. The van der Waals surface area contributed by atoms with E-state index in [0.29, 0.717) is 0 Å². The maximum absolute atomic E-state index is 11.5. The molecule has 0 bridgehead atoms. The van der Waals surface area contributed by atoms with Crippen LogP contribution in [-0.2, 0) is 24.9 Å². The van der Waals surface area contributed by atoms with E-state index >= 15 is 0 Å². The van der Waals surface area contributed by atoms with E-state index in [0.717, 1.165) is 39.2 Å². The number of pyridine rings is 1. The number of hydrogen-bond donors (Lipinski definition) is 1. The molecule has 5 nitrogen and oxygen atoms in total. The van der Waals surface area contributed by atoms with E-state index in [-0.39, 0.29) is 37.1 Å². The molecule has 0 aliphatic rings. The van der Waals surface area contributed by atoms with Gasteiger partial charge in [-0.3, -0.25) is 9.78 Å². The van der Waals surface area contributed by atoms with E-state index in [9.17, 15) is 9.90 Å². The maximum Gasteiger partial charge on any atom is 0.164 e. The number of hydrogen-bond acceptors (Lipinski definition) is 4. The van der Waals surface area contributed by atoms with Gasteiger partial charge in [0, 0.05) is 66.2 Å². The molecular formula is C34H41IrN2O3-. The molecule has 1 N–H and O–H groups in total. The fraction of sp³-hybridized carbons (Fsp3) is 0.353. The molecule has 0 unspecified atom stereocenters. The second-order valence-electron chi connectivity index (χ2n) is 12.1. The van der Waals surface area contributed by atoms with Crippen LogP contribution in [0.4, 0.5) is 0 Å². The Hall–Kier alpha value is -3.21. The van der Waals surface area contributed by atoms with Gasteiger partial charge in [-0.15, -0.1) is 34.9 Å². The van der Waals surface area contributed by atoms with Crippen LogP contribution in [0.5, 0.6) is 5.75 Å². The van der Waals surface area contributed by atoms with Gasteiger partial charge in [0.25, 0.3) is 0 Å². The number of benzene rings is 2. The summed E-state index contributed by atoms with van der Waals surface area (Å²) in [6.45, 7) is 17.4. The summed E-state index contributed by atoms with van der Waals surface area (Å²) in [6, 6.07) is 18.0. The van der Waals surface area contributed by atoms with Crippen LogP contribution in [0.3, 0.4) is 0 Å². The summed E-state index contributed by atoms with van der Waals surface area (Å²) in [4.78, 5) is 16.4. The molecule has 0 fully saturated rings. The number of rotatable bonds is 4. The molecule has 1 radical (unpaired) electrons. The summed E-state index contributed by atoms with van der Waals surface area (Å²) >= 11 is 0. The minimum atomic E-state index is -0.417. The fourth-order valence-electron chi connectivity index (χ4n) is 4.00. The summed E-state index contributed by atoms with van der Waals surface area (Å²) in [5.41, 5.74) is 6.62. The Kier molecular flexibility index (Phi) is 10.7. The first-order valence-electron chi connectivity index (χ1n) is 13.2. The number of aromatic nitrogens is 2. The Morgan fingerprint density at radius 3 is 2.10 bits per heavy atom. The zero-order valence-electron chi connectivity index (χ0n) is 25.3. The van der Waals surface area contributed by atoms with Crippen LogP contribution in [0.1, 0.15) is 58.2 Å². The van der Waals surface area contributed by atoms with Crippen LogP contribution in [-0.4, -0.2) is 27.6 Å². The molecule has 0 aliphatic carbocycles. The van der Waals surface area contributed by atoms with Gasteiger partial charge in [0.2, 0.25) is 0 Å². The molecule has 0 saturated heterocycles. The molecule has 0 atom stereocenters. The third kappa shape index (κ3) is 8.16. The van der Waals surface area contributed by atoms with Crippen molar-refractivity contribution in [1.82, 2.24) is 9.55 Å². The Bertz CT molecular complexity index is 1480. The Labute approximate surface area is 252 Å². The van der Waals surface area contributed by atoms with Gasteiger partial charge in [-0.25, -0.2) is 0 Å². The average Bonchev–Trinajstić information content (AvgIpc) is 3.36. The second kappa shape index (κ2) is 13.0. The van der Waals surface area contributed by atoms with Crippen molar-refractivity contribution >= 4 is 16.7 Å². The quantitative estimate of drug-likeness (QED) is 0.131. The normalized spacial score (nSPS) is 11.9. The van der Waals surface area contributed by atoms with Crippen LogP contribution < -0.4 is 4.74 Å². The van der Waals surface area contributed by atoms with Gasteiger partial charge in [0.05, 0.1) is 12.6 Å². The van der Waals surface area contributed by atoms with E-state index in [1.54, 1.807) is 7.11 Å². The first-order chi connectivity index (χ1) is 18.1. The summed E-state index contributed by atoms with van der Waals surface area (Å²) in [5.74, 6) is 0.869. The standard InChI is InChI=1S/C23H21N2O.C11H20O2.Ir/c1-15-9-16(2)11-19(10-15)23-22(26-4)14-18-13-21(25-7-5-6-8-25)17(3)12-20(18)24-23;1-10(2,3)8(12)7-9(13)11(4,5)6;/h5-10,12-14H,1-4H3;7,12H,1-6H3;/q-1;;/b;8-7-;. The molecule has 2 aromatic carbocycles. The van der Waals surface area contributed by atoms with Crippen molar-refractivity contribution in [3.8, 4) is 22.7 Å². The fourth-order valence-corrected chi connectivity index (χ4v) is 4.00. The molecule has 0 saturated carbocycles. The van der Waals surface area contributed by atoms with E-state index in [1.807, 2.05) is 53.7 Å². The van der Waals surface area contributed by atoms with Crippen molar-refractivity contribution in [2.45, 2.75) is 62.3 Å². The molecule has 2 heterocycles. The number of aryl methyl sites for hydroxylation is 3. The molecule has 215 valence electrons. The zero-order valence-corrected chi connectivity index (χ0v) is 27.7. The van der Waals surface area contributed by atoms with Gasteiger partial charge in [-0.2, -0.15) is 0 Å². The first-order valence-corrected chi connectivity index (χ1v) is 13.2. The van der Waals surface area contributed by atoms with Crippen molar-refractivity contribution in [1.29, 1.82) is 0 Å². The Morgan fingerprint density at radius 1 is 0.950 bits per heavy atom. The van der Waals surface area contributed by atoms with Crippen LogP contribution in [0.2, 0.25) is 0 Å². The van der Waals surface area contributed by atoms with Crippen molar-refractivity contribution in [2.75, 3.05) is 7.11 Å². The van der Waals surface area contributed by atoms with E-state index in [4.69, 9.17) is 9.72 Å². The minimum absolute atomic E-state index is 0. The average molecular weight is 718 g/mol. The number of nitrogens with zero attached hydrogens (tertiary/aromatic N) is 2. The first kappa shape index (κ1) is 33.0. The van der Waals surface area contributed by atoms with Crippen LogP contribution in [0.15, 0.2) is 66.7 Å². The predicted molar refractivity (Wildman–Crippen MR) is 161 cm³/mol. The number of ether oxygens (including phenoxy) is 1.